The highest BCUT2D eigenvalue weighted by Crippen LogP contribution is 2.38. The molecule has 3 rings (SSSR count). The lowest BCUT2D eigenvalue weighted by atomic mass is 9.93. The molecule has 0 saturated carbocycles. The van der Waals surface area contributed by atoms with Gasteiger partial charge in [-0.1, -0.05) is 11.6 Å². The Balaban J connectivity index is 1.78. The molecule has 0 saturated heterocycles. The molecule has 0 spiro atoms. The molecule has 1 aliphatic rings. The average Bonchev–Trinajstić information content (AvgIpc) is 2.96. The molecule has 0 aliphatic heterocycles. The largest absolute Gasteiger partial charge is 0.468 e. The molecule has 2 nitrogen and oxygen atoms in total. The summed E-state index contributed by atoms with van der Waals surface area (Å²) in [6, 6.07) is 6.70. The van der Waals surface area contributed by atoms with Crippen molar-refractivity contribution in [1.82, 2.24) is 5.32 Å². The number of thiophene rings is 1. The molecule has 1 aliphatic carbocycles. The van der Waals surface area contributed by atoms with E-state index < -0.39 is 0 Å². The van der Waals surface area contributed by atoms with E-state index in [1.54, 1.807) is 17.6 Å². The zero-order valence-corrected chi connectivity index (χ0v) is 11.9. The Labute approximate surface area is 116 Å². The van der Waals surface area contributed by atoms with Crippen LogP contribution in [0.3, 0.4) is 0 Å². The number of hydrogen-bond donors (Lipinski definition) is 1. The first-order valence-electron chi connectivity index (χ1n) is 6.31. The van der Waals surface area contributed by atoms with Crippen molar-refractivity contribution < 1.29 is 4.42 Å². The Morgan fingerprint density at radius 3 is 3.22 bits per heavy atom. The molecule has 2 aromatic heterocycles. The minimum absolute atomic E-state index is 0.231. The Kier molecular flexibility index (Phi) is 3.46. The summed E-state index contributed by atoms with van der Waals surface area (Å²) in [4.78, 5) is 1.44. The third kappa shape index (κ3) is 2.35. The van der Waals surface area contributed by atoms with Crippen molar-refractivity contribution in [3.05, 3.63) is 45.0 Å². The molecule has 0 fully saturated rings. The lowest BCUT2D eigenvalue weighted by molar-refractivity contribution is 0.369. The predicted molar refractivity (Wildman–Crippen MR) is 75.3 cm³/mol. The highest BCUT2D eigenvalue weighted by atomic mass is 35.5. The van der Waals surface area contributed by atoms with E-state index >= 15 is 0 Å². The van der Waals surface area contributed by atoms with Gasteiger partial charge >= 0.3 is 0 Å². The molecule has 0 bridgehead atoms. The van der Waals surface area contributed by atoms with Gasteiger partial charge in [0.25, 0.3) is 0 Å². The first-order chi connectivity index (χ1) is 8.74. The van der Waals surface area contributed by atoms with Crippen molar-refractivity contribution >= 4 is 22.9 Å². The van der Waals surface area contributed by atoms with E-state index in [9.17, 15) is 0 Å². The molecule has 18 heavy (non-hydrogen) atoms. The third-order valence-electron chi connectivity index (χ3n) is 3.50. The average molecular weight is 282 g/mol. The maximum atomic E-state index is 6.12. The van der Waals surface area contributed by atoms with Gasteiger partial charge < -0.3 is 9.73 Å². The summed E-state index contributed by atoms with van der Waals surface area (Å²) in [6.07, 6.45) is 5.29. The second kappa shape index (κ2) is 5.08. The van der Waals surface area contributed by atoms with E-state index in [-0.39, 0.29) is 6.04 Å². The Hall–Kier alpha value is -0.770. The lowest BCUT2D eigenvalue weighted by Crippen LogP contribution is -2.26. The van der Waals surface area contributed by atoms with E-state index in [1.165, 1.54) is 29.7 Å². The van der Waals surface area contributed by atoms with Gasteiger partial charge in [0, 0.05) is 10.9 Å². The van der Waals surface area contributed by atoms with Gasteiger partial charge in [-0.2, -0.15) is 0 Å². The van der Waals surface area contributed by atoms with Crippen LogP contribution in [0, 0.1) is 0 Å². The summed E-state index contributed by atoms with van der Waals surface area (Å²) in [5.41, 5.74) is 1.38. The predicted octanol–water partition coefficient (Wildman–Crippen LogP) is 4.72. The van der Waals surface area contributed by atoms with E-state index in [2.05, 4.69) is 18.3 Å². The normalized spacial score (nSPS) is 20.7. The van der Waals surface area contributed by atoms with Crippen molar-refractivity contribution in [3.63, 3.8) is 0 Å². The second-order valence-electron chi connectivity index (χ2n) is 4.78. The summed E-state index contributed by atoms with van der Waals surface area (Å²) >= 11 is 7.84. The van der Waals surface area contributed by atoms with Crippen molar-refractivity contribution in [1.29, 1.82) is 0 Å². The fraction of sp³-hybridized carbons (Fsp3) is 0.429. The molecule has 4 heteroatoms. The number of furan rings is 1. The summed E-state index contributed by atoms with van der Waals surface area (Å²) in [7, 11) is 0. The summed E-state index contributed by atoms with van der Waals surface area (Å²) < 4.78 is 6.35. The molecule has 0 aromatic carbocycles. The standard InChI is InChI=1S/C14H16ClNOS/c1-9(12-5-3-7-17-12)16-11-4-2-6-13-10(11)8-14(15)18-13/h3,5,7-9,11,16H,2,4,6H2,1H3. The van der Waals surface area contributed by atoms with E-state index in [0.717, 1.165) is 10.1 Å². The van der Waals surface area contributed by atoms with E-state index in [4.69, 9.17) is 16.0 Å². The molecular formula is C14H16ClNOS. The quantitative estimate of drug-likeness (QED) is 0.880. The van der Waals surface area contributed by atoms with Crippen molar-refractivity contribution in [2.45, 2.75) is 38.3 Å². The van der Waals surface area contributed by atoms with Crippen LogP contribution in [0.25, 0.3) is 0 Å². The molecular weight excluding hydrogens is 266 g/mol. The monoisotopic (exact) mass is 281 g/mol. The van der Waals surface area contributed by atoms with E-state index in [1.807, 2.05) is 12.1 Å². The van der Waals surface area contributed by atoms with Gasteiger partial charge in [-0.15, -0.1) is 11.3 Å². The highest BCUT2D eigenvalue weighted by Gasteiger charge is 2.24. The molecule has 2 unspecified atom stereocenters. The molecule has 1 N–H and O–H groups in total. The minimum atomic E-state index is 0.231. The van der Waals surface area contributed by atoms with Crippen LogP contribution in [0.15, 0.2) is 28.9 Å². The summed E-state index contributed by atoms with van der Waals surface area (Å²) in [5.74, 6) is 0.989. The summed E-state index contributed by atoms with van der Waals surface area (Å²) in [6.45, 7) is 2.14. The molecule has 96 valence electrons. The van der Waals surface area contributed by atoms with Crippen LogP contribution >= 0.6 is 22.9 Å². The van der Waals surface area contributed by atoms with Crippen LogP contribution in [0.5, 0.6) is 0 Å². The van der Waals surface area contributed by atoms with Crippen LogP contribution in [-0.4, -0.2) is 0 Å². The number of nitrogens with one attached hydrogen (secondary N) is 1. The van der Waals surface area contributed by atoms with Crippen LogP contribution < -0.4 is 5.32 Å². The highest BCUT2D eigenvalue weighted by molar-refractivity contribution is 7.16. The molecule has 2 atom stereocenters. The molecule has 0 radical (unpaired) electrons. The van der Waals surface area contributed by atoms with Gasteiger partial charge in [0.2, 0.25) is 0 Å². The third-order valence-corrected chi connectivity index (χ3v) is 4.84. The zero-order chi connectivity index (χ0) is 12.5. The first kappa shape index (κ1) is 12.3. The maximum Gasteiger partial charge on any atom is 0.120 e. The van der Waals surface area contributed by atoms with Crippen molar-refractivity contribution in [3.8, 4) is 0 Å². The maximum absolute atomic E-state index is 6.12. The topological polar surface area (TPSA) is 25.2 Å². The lowest BCUT2D eigenvalue weighted by Gasteiger charge is -2.26. The van der Waals surface area contributed by atoms with Crippen LogP contribution in [-0.2, 0) is 6.42 Å². The fourth-order valence-corrected chi connectivity index (χ4v) is 4.00. The van der Waals surface area contributed by atoms with Gasteiger partial charge in [-0.05, 0) is 49.9 Å². The zero-order valence-electron chi connectivity index (χ0n) is 10.3. The minimum Gasteiger partial charge on any atom is -0.468 e. The number of aryl methyl sites for hydroxylation is 1. The van der Waals surface area contributed by atoms with Crippen LogP contribution in [0.1, 0.15) is 48.0 Å². The van der Waals surface area contributed by atoms with Gasteiger partial charge in [0.1, 0.15) is 5.76 Å². The molecule has 2 heterocycles. The Morgan fingerprint density at radius 2 is 2.44 bits per heavy atom. The number of hydrogen-bond acceptors (Lipinski definition) is 3. The van der Waals surface area contributed by atoms with Gasteiger partial charge in [0.05, 0.1) is 16.6 Å². The molecule has 0 amide bonds. The van der Waals surface area contributed by atoms with Crippen molar-refractivity contribution in [2.24, 2.45) is 0 Å². The van der Waals surface area contributed by atoms with Crippen molar-refractivity contribution in [2.75, 3.05) is 0 Å². The Bertz CT molecular complexity index is 520. The number of rotatable bonds is 3. The van der Waals surface area contributed by atoms with Gasteiger partial charge in [-0.3, -0.25) is 0 Å². The fourth-order valence-electron chi connectivity index (χ4n) is 2.62. The first-order valence-corrected chi connectivity index (χ1v) is 7.51. The van der Waals surface area contributed by atoms with E-state index in [0.29, 0.717) is 6.04 Å². The number of fused-ring (bicyclic) bond motifs is 1. The van der Waals surface area contributed by atoms with Gasteiger partial charge in [0.15, 0.2) is 0 Å². The molecule has 2 aromatic rings. The summed E-state index contributed by atoms with van der Waals surface area (Å²) in [5, 5.41) is 3.65. The van der Waals surface area contributed by atoms with Crippen LogP contribution in [0.2, 0.25) is 4.34 Å². The smallest absolute Gasteiger partial charge is 0.120 e. The van der Waals surface area contributed by atoms with Crippen LogP contribution in [0.4, 0.5) is 0 Å². The Morgan fingerprint density at radius 1 is 1.56 bits per heavy atom. The number of halogens is 1. The SMILES string of the molecule is CC(NC1CCCc2sc(Cl)cc21)c1ccco1. The van der Waals surface area contributed by atoms with Gasteiger partial charge in [-0.25, -0.2) is 0 Å². The second-order valence-corrected chi connectivity index (χ2v) is 6.55.